The number of benzene rings is 1. The van der Waals surface area contributed by atoms with Crippen molar-refractivity contribution in [2.75, 3.05) is 13.1 Å². The summed E-state index contributed by atoms with van der Waals surface area (Å²) in [5.74, 6) is -2.22. The Morgan fingerprint density at radius 1 is 1.50 bits per heavy atom. The van der Waals surface area contributed by atoms with Crippen LogP contribution in [0.3, 0.4) is 0 Å². The molecule has 0 aliphatic carbocycles. The summed E-state index contributed by atoms with van der Waals surface area (Å²) in [6.07, 6.45) is -0.323. The minimum Gasteiger partial charge on any atom is -0.390 e. The highest BCUT2D eigenvalue weighted by Gasteiger charge is 2.24. The largest absolute Gasteiger partial charge is 0.390 e. The maximum Gasteiger partial charge on any atom is 0.224 e. The fourth-order valence-electron chi connectivity index (χ4n) is 2.14. The van der Waals surface area contributed by atoms with Crippen LogP contribution in [0.4, 0.5) is 8.78 Å². The first-order valence-corrected chi connectivity index (χ1v) is 6.67. The molecule has 0 saturated carbocycles. The monoisotopic (exact) mass is 304 g/mol. The third-order valence-corrected chi connectivity index (χ3v) is 3.61. The van der Waals surface area contributed by atoms with Gasteiger partial charge in [0.1, 0.15) is 16.7 Å². The summed E-state index contributed by atoms with van der Waals surface area (Å²) in [6.45, 7) is 1.10. The molecule has 110 valence electrons. The van der Waals surface area contributed by atoms with E-state index < -0.39 is 28.7 Å². The van der Waals surface area contributed by atoms with Crippen LogP contribution in [0.25, 0.3) is 0 Å². The standard InChI is InChI=1S/C13H15ClF2N2O2/c14-12-8(15)2-1-7(13(12)16)5-11(20)18-9-3-4-17-6-10(9)19/h1-2,9-10,17,19H,3-6H2,(H,18,20)/t9-,10-/m1/s1. The molecule has 2 atom stereocenters. The fraction of sp³-hybridized carbons (Fsp3) is 0.462. The van der Waals surface area contributed by atoms with Crippen LogP contribution in [-0.2, 0) is 11.2 Å². The highest BCUT2D eigenvalue weighted by atomic mass is 35.5. The summed E-state index contributed by atoms with van der Waals surface area (Å²) in [4.78, 5) is 11.8. The van der Waals surface area contributed by atoms with Crippen molar-refractivity contribution in [2.24, 2.45) is 0 Å². The number of piperidine rings is 1. The van der Waals surface area contributed by atoms with Gasteiger partial charge < -0.3 is 15.7 Å². The zero-order valence-electron chi connectivity index (χ0n) is 10.6. The molecule has 1 aromatic carbocycles. The first kappa shape index (κ1) is 15.2. The normalized spacial score (nSPS) is 22.6. The van der Waals surface area contributed by atoms with E-state index >= 15 is 0 Å². The second-order valence-electron chi connectivity index (χ2n) is 4.75. The molecule has 2 rings (SSSR count). The SMILES string of the molecule is O=C(Cc1ccc(F)c(Cl)c1F)N[C@@H]1CCNC[C@H]1O. The van der Waals surface area contributed by atoms with E-state index in [1.165, 1.54) is 6.07 Å². The first-order valence-electron chi connectivity index (χ1n) is 6.29. The lowest BCUT2D eigenvalue weighted by atomic mass is 10.0. The molecule has 0 radical (unpaired) electrons. The Kier molecular flexibility index (Phi) is 4.91. The molecule has 1 heterocycles. The van der Waals surface area contributed by atoms with Crippen LogP contribution in [0.15, 0.2) is 12.1 Å². The number of carbonyl (C=O) groups excluding carboxylic acids is 1. The Morgan fingerprint density at radius 2 is 2.25 bits per heavy atom. The molecular formula is C13H15ClF2N2O2. The van der Waals surface area contributed by atoms with Gasteiger partial charge in [-0.25, -0.2) is 8.78 Å². The van der Waals surface area contributed by atoms with Gasteiger partial charge in [-0.3, -0.25) is 4.79 Å². The second-order valence-corrected chi connectivity index (χ2v) is 5.12. The molecule has 1 saturated heterocycles. The van der Waals surface area contributed by atoms with Crippen molar-refractivity contribution < 1.29 is 18.7 Å². The molecule has 0 unspecified atom stereocenters. The van der Waals surface area contributed by atoms with E-state index in [0.717, 1.165) is 6.07 Å². The number of hydrogen-bond donors (Lipinski definition) is 3. The van der Waals surface area contributed by atoms with Crippen molar-refractivity contribution in [3.05, 3.63) is 34.4 Å². The Balaban J connectivity index is 1.99. The number of aliphatic hydroxyl groups is 1. The van der Waals surface area contributed by atoms with Gasteiger partial charge in [0.2, 0.25) is 5.91 Å². The van der Waals surface area contributed by atoms with Crippen molar-refractivity contribution in [3.63, 3.8) is 0 Å². The predicted molar refractivity (Wildman–Crippen MR) is 70.5 cm³/mol. The quantitative estimate of drug-likeness (QED) is 0.730. The maximum atomic E-state index is 13.7. The molecular weight excluding hydrogens is 290 g/mol. The average molecular weight is 305 g/mol. The molecule has 7 heteroatoms. The molecule has 1 aliphatic rings. The number of carbonyl (C=O) groups is 1. The molecule has 0 aromatic heterocycles. The molecule has 1 amide bonds. The third kappa shape index (κ3) is 3.45. The molecule has 0 bridgehead atoms. The Labute approximate surface area is 120 Å². The molecule has 4 nitrogen and oxygen atoms in total. The van der Waals surface area contributed by atoms with Crippen LogP contribution in [0.2, 0.25) is 5.02 Å². The number of β-amino-alcohol motifs (C(OH)–C–C–N with tert-alkyl or cyclic N) is 1. The van der Waals surface area contributed by atoms with Gasteiger partial charge in [0.05, 0.1) is 18.6 Å². The smallest absolute Gasteiger partial charge is 0.224 e. The minimum absolute atomic E-state index is 0.0253. The van der Waals surface area contributed by atoms with Gasteiger partial charge in [-0.15, -0.1) is 0 Å². The number of rotatable bonds is 3. The Hall–Kier alpha value is -1.24. The van der Waals surface area contributed by atoms with E-state index in [-0.39, 0.29) is 18.0 Å². The van der Waals surface area contributed by atoms with Crippen LogP contribution >= 0.6 is 11.6 Å². The van der Waals surface area contributed by atoms with Crippen molar-refractivity contribution >= 4 is 17.5 Å². The van der Waals surface area contributed by atoms with Crippen molar-refractivity contribution in [1.29, 1.82) is 0 Å². The molecule has 20 heavy (non-hydrogen) atoms. The van der Waals surface area contributed by atoms with Crippen LogP contribution in [0.5, 0.6) is 0 Å². The number of aliphatic hydroxyl groups excluding tert-OH is 1. The summed E-state index contributed by atoms with van der Waals surface area (Å²) in [5, 5.41) is 14.7. The van der Waals surface area contributed by atoms with Crippen LogP contribution in [0.1, 0.15) is 12.0 Å². The lowest BCUT2D eigenvalue weighted by Crippen LogP contribution is -2.53. The summed E-state index contributed by atoms with van der Waals surface area (Å²) >= 11 is 5.45. The van der Waals surface area contributed by atoms with E-state index in [1.807, 2.05) is 0 Å². The number of amides is 1. The van der Waals surface area contributed by atoms with E-state index in [2.05, 4.69) is 10.6 Å². The predicted octanol–water partition coefficient (Wildman–Crippen LogP) is 1.000. The van der Waals surface area contributed by atoms with Crippen LogP contribution in [-0.4, -0.2) is 36.2 Å². The van der Waals surface area contributed by atoms with Gasteiger partial charge in [-0.05, 0) is 24.6 Å². The average Bonchev–Trinajstić information content (AvgIpc) is 2.42. The molecule has 0 spiro atoms. The topological polar surface area (TPSA) is 61.4 Å². The minimum atomic E-state index is -0.923. The zero-order valence-corrected chi connectivity index (χ0v) is 11.4. The van der Waals surface area contributed by atoms with Gasteiger partial charge in [0, 0.05) is 6.54 Å². The molecule has 1 aliphatic heterocycles. The van der Waals surface area contributed by atoms with E-state index in [4.69, 9.17) is 11.6 Å². The van der Waals surface area contributed by atoms with Crippen molar-refractivity contribution in [2.45, 2.75) is 25.0 Å². The van der Waals surface area contributed by atoms with E-state index in [0.29, 0.717) is 19.5 Å². The Morgan fingerprint density at radius 3 is 2.95 bits per heavy atom. The van der Waals surface area contributed by atoms with Crippen molar-refractivity contribution in [3.8, 4) is 0 Å². The zero-order chi connectivity index (χ0) is 14.7. The van der Waals surface area contributed by atoms with Gasteiger partial charge in [0.15, 0.2) is 0 Å². The highest BCUT2D eigenvalue weighted by molar-refractivity contribution is 6.31. The maximum absolute atomic E-state index is 13.7. The first-order chi connectivity index (χ1) is 9.49. The van der Waals surface area contributed by atoms with Crippen LogP contribution in [0, 0.1) is 11.6 Å². The molecule has 3 N–H and O–H groups in total. The lowest BCUT2D eigenvalue weighted by molar-refractivity contribution is -0.122. The Bertz CT molecular complexity index is 513. The van der Waals surface area contributed by atoms with Gasteiger partial charge in [-0.2, -0.15) is 0 Å². The number of halogens is 3. The lowest BCUT2D eigenvalue weighted by Gasteiger charge is -2.29. The number of hydrogen-bond acceptors (Lipinski definition) is 3. The van der Waals surface area contributed by atoms with Gasteiger partial charge >= 0.3 is 0 Å². The summed E-state index contributed by atoms with van der Waals surface area (Å²) in [6, 6.07) is 1.85. The van der Waals surface area contributed by atoms with E-state index in [9.17, 15) is 18.7 Å². The second kappa shape index (κ2) is 6.47. The molecule has 1 aromatic rings. The van der Waals surface area contributed by atoms with Gasteiger partial charge in [-0.1, -0.05) is 17.7 Å². The van der Waals surface area contributed by atoms with Crippen molar-refractivity contribution in [1.82, 2.24) is 10.6 Å². The summed E-state index contributed by atoms with van der Waals surface area (Å²) in [5.41, 5.74) is 0.0253. The highest BCUT2D eigenvalue weighted by Crippen LogP contribution is 2.22. The van der Waals surface area contributed by atoms with Crippen LogP contribution < -0.4 is 10.6 Å². The summed E-state index contributed by atoms with van der Waals surface area (Å²) in [7, 11) is 0. The summed E-state index contributed by atoms with van der Waals surface area (Å²) < 4.78 is 26.7. The van der Waals surface area contributed by atoms with Gasteiger partial charge in [0.25, 0.3) is 0 Å². The third-order valence-electron chi connectivity index (χ3n) is 3.26. The number of nitrogens with one attached hydrogen (secondary N) is 2. The fourth-order valence-corrected chi connectivity index (χ4v) is 2.33. The van der Waals surface area contributed by atoms with E-state index in [1.54, 1.807) is 0 Å². The molecule has 1 fully saturated rings.